The van der Waals surface area contributed by atoms with Crippen LogP contribution in [0, 0.1) is 0 Å². The van der Waals surface area contributed by atoms with Crippen LogP contribution in [0.2, 0.25) is 0 Å². The summed E-state index contributed by atoms with van der Waals surface area (Å²) >= 11 is 5.72. The minimum Gasteiger partial charge on any atom is -0.491 e. The van der Waals surface area contributed by atoms with Gasteiger partial charge in [0.15, 0.2) is 0 Å². The van der Waals surface area contributed by atoms with Gasteiger partial charge in [-0.2, -0.15) is 0 Å². The van der Waals surface area contributed by atoms with E-state index in [2.05, 4.69) is 72.8 Å². The zero-order valence-electron chi connectivity index (χ0n) is 19.8. The summed E-state index contributed by atoms with van der Waals surface area (Å²) in [7, 11) is 0. The highest BCUT2D eigenvalue weighted by Crippen LogP contribution is 2.56. The molecule has 0 aromatic heterocycles. The second-order valence-electron chi connectivity index (χ2n) is 9.28. The number of epoxide rings is 1. The first-order valence-corrected chi connectivity index (χ1v) is 12.8. The summed E-state index contributed by atoms with van der Waals surface area (Å²) in [5, 5.41) is 9.77. The van der Waals surface area contributed by atoms with Gasteiger partial charge in [0.05, 0.1) is 17.9 Å². The molecule has 0 spiro atoms. The summed E-state index contributed by atoms with van der Waals surface area (Å²) in [6.07, 6.45) is -0.477. The third kappa shape index (κ3) is 4.05. The van der Waals surface area contributed by atoms with E-state index in [-0.39, 0.29) is 18.6 Å². The van der Waals surface area contributed by atoms with Crippen molar-refractivity contribution in [2.75, 3.05) is 25.7 Å². The molecular weight excluding hydrogens is 472 g/mol. The van der Waals surface area contributed by atoms with Crippen molar-refractivity contribution in [2.24, 2.45) is 0 Å². The topological polar surface area (TPSA) is 51.2 Å². The van der Waals surface area contributed by atoms with Crippen LogP contribution < -0.4 is 9.47 Å². The fourth-order valence-electron chi connectivity index (χ4n) is 5.22. The number of ether oxygens (including phenoxy) is 3. The molecule has 5 heteroatoms. The van der Waals surface area contributed by atoms with Crippen molar-refractivity contribution in [3.8, 4) is 22.6 Å². The van der Waals surface area contributed by atoms with Crippen LogP contribution in [0.3, 0.4) is 0 Å². The van der Waals surface area contributed by atoms with Gasteiger partial charge in [0, 0.05) is 0 Å². The molecule has 1 saturated heterocycles. The Morgan fingerprint density at radius 1 is 0.778 bits per heavy atom. The predicted molar refractivity (Wildman–Crippen MR) is 141 cm³/mol. The van der Waals surface area contributed by atoms with Gasteiger partial charge in [-0.05, 0) is 57.6 Å². The molecule has 2 atom stereocenters. The van der Waals surface area contributed by atoms with Crippen LogP contribution in [0.15, 0.2) is 97.1 Å². The van der Waals surface area contributed by atoms with Gasteiger partial charge >= 0.3 is 0 Å². The summed E-state index contributed by atoms with van der Waals surface area (Å²) in [5.41, 5.74) is 6.80. The van der Waals surface area contributed by atoms with Crippen LogP contribution in [0.4, 0.5) is 0 Å². The standard InChI is InChI=1S/C31H27ClO4/c32-17-23(33)18-34-24-13-9-21(10-14-24)31(22-11-15-25(16-12-22)35-19-26-20-36-26)29-7-3-1-5-27(29)28-6-2-4-8-30(28)31/h1-16,23,26,33H,17-20H2. The van der Waals surface area contributed by atoms with E-state index in [1.807, 2.05) is 24.3 Å². The van der Waals surface area contributed by atoms with E-state index in [0.717, 1.165) is 17.9 Å². The van der Waals surface area contributed by atoms with Crippen molar-refractivity contribution in [1.29, 1.82) is 0 Å². The van der Waals surface area contributed by atoms with Crippen LogP contribution >= 0.6 is 11.6 Å². The molecule has 0 amide bonds. The van der Waals surface area contributed by atoms with E-state index in [1.165, 1.54) is 27.8 Å². The monoisotopic (exact) mass is 498 g/mol. The van der Waals surface area contributed by atoms with Gasteiger partial charge in [-0.3, -0.25) is 0 Å². The molecule has 6 rings (SSSR count). The Labute approximate surface area is 216 Å². The first-order valence-electron chi connectivity index (χ1n) is 12.2. The van der Waals surface area contributed by atoms with Crippen molar-refractivity contribution >= 4 is 11.6 Å². The van der Waals surface area contributed by atoms with E-state index in [9.17, 15) is 5.11 Å². The van der Waals surface area contributed by atoms with Gasteiger partial charge in [0.1, 0.15) is 36.9 Å². The highest BCUT2D eigenvalue weighted by molar-refractivity contribution is 6.18. The summed E-state index contributed by atoms with van der Waals surface area (Å²) in [6, 6.07) is 33.9. The first-order chi connectivity index (χ1) is 17.7. The van der Waals surface area contributed by atoms with E-state index >= 15 is 0 Å². The summed E-state index contributed by atoms with van der Waals surface area (Å²) in [4.78, 5) is 0. The molecule has 0 radical (unpaired) electrons. The maximum absolute atomic E-state index is 9.77. The average Bonchev–Trinajstić information content (AvgIpc) is 3.73. The molecule has 36 heavy (non-hydrogen) atoms. The highest BCUT2D eigenvalue weighted by atomic mass is 35.5. The number of halogens is 1. The van der Waals surface area contributed by atoms with Crippen molar-refractivity contribution < 1.29 is 19.3 Å². The van der Waals surface area contributed by atoms with E-state index < -0.39 is 11.5 Å². The van der Waals surface area contributed by atoms with Gasteiger partial charge in [-0.1, -0.05) is 72.8 Å². The summed E-state index contributed by atoms with van der Waals surface area (Å²) in [5.74, 6) is 1.68. The van der Waals surface area contributed by atoms with Crippen LogP contribution in [0.5, 0.6) is 11.5 Å². The van der Waals surface area contributed by atoms with E-state index in [1.54, 1.807) is 0 Å². The van der Waals surface area contributed by atoms with Gasteiger partial charge < -0.3 is 19.3 Å². The van der Waals surface area contributed by atoms with Crippen molar-refractivity contribution in [3.63, 3.8) is 0 Å². The second-order valence-corrected chi connectivity index (χ2v) is 9.58. The first kappa shape index (κ1) is 23.1. The van der Waals surface area contributed by atoms with Crippen molar-refractivity contribution in [1.82, 2.24) is 0 Å². The number of rotatable bonds is 9. The third-order valence-corrected chi connectivity index (χ3v) is 7.34. The molecule has 0 saturated carbocycles. The highest BCUT2D eigenvalue weighted by Gasteiger charge is 2.45. The Morgan fingerprint density at radius 3 is 1.78 bits per heavy atom. The minimum absolute atomic E-state index is 0.141. The molecule has 1 N–H and O–H groups in total. The van der Waals surface area contributed by atoms with E-state index in [0.29, 0.717) is 12.4 Å². The number of fused-ring (bicyclic) bond motifs is 3. The average molecular weight is 499 g/mol. The molecule has 1 aliphatic heterocycles. The molecule has 0 bridgehead atoms. The van der Waals surface area contributed by atoms with Crippen LogP contribution in [-0.2, 0) is 10.2 Å². The van der Waals surface area contributed by atoms with Crippen molar-refractivity contribution in [2.45, 2.75) is 17.6 Å². The Kier molecular flexibility index (Phi) is 6.18. The van der Waals surface area contributed by atoms with Crippen molar-refractivity contribution in [3.05, 3.63) is 119 Å². The van der Waals surface area contributed by atoms with Crippen LogP contribution in [0.25, 0.3) is 11.1 Å². The van der Waals surface area contributed by atoms with Crippen LogP contribution in [-0.4, -0.2) is 43.0 Å². The Bertz CT molecular complexity index is 1300. The fourth-order valence-corrected chi connectivity index (χ4v) is 5.31. The molecular formula is C31H27ClO4. The largest absolute Gasteiger partial charge is 0.491 e. The molecule has 4 aromatic rings. The third-order valence-electron chi connectivity index (χ3n) is 6.99. The summed E-state index contributed by atoms with van der Waals surface area (Å²) < 4.78 is 17.0. The van der Waals surface area contributed by atoms with Gasteiger partial charge in [-0.15, -0.1) is 11.6 Å². The number of hydrogen-bond donors (Lipinski definition) is 1. The molecule has 4 aromatic carbocycles. The lowest BCUT2D eigenvalue weighted by atomic mass is 9.68. The van der Waals surface area contributed by atoms with E-state index in [4.69, 9.17) is 25.8 Å². The maximum atomic E-state index is 9.77. The molecule has 182 valence electrons. The second kappa shape index (κ2) is 9.62. The Morgan fingerprint density at radius 2 is 1.28 bits per heavy atom. The quantitative estimate of drug-likeness (QED) is 0.206. The number of hydrogen-bond acceptors (Lipinski definition) is 4. The molecule has 4 nitrogen and oxygen atoms in total. The Balaban J connectivity index is 1.46. The molecule has 1 aliphatic carbocycles. The maximum Gasteiger partial charge on any atom is 0.119 e. The van der Waals surface area contributed by atoms with Gasteiger partial charge in [0.2, 0.25) is 0 Å². The lowest BCUT2D eigenvalue weighted by Crippen LogP contribution is -2.28. The zero-order valence-corrected chi connectivity index (χ0v) is 20.5. The number of alkyl halides is 1. The normalized spacial score (nSPS) is 17.7. The number of aliphatic hydroxyl groups excluding tert-OH is 1. The van der Waals surface area contributed by atoms with Crippen LogP contribution in [0.1, 0.15) is 22.3 Å². The molecule has 2 unspecified atom stereocenters. The molecule has 1 heterocycles. The van der Waals surface area contributed by atoms with Gasteiger partial charge in [-0.25, -0.2) is 0 Å². The predicted octanol–water partition coefficient (Wildman–Crippen LogP) is 5.81. The summed E-state index contributed by atoms with van der Waals surface area (Å²) in [6.45, 7) is 1.52. The molecule has 1 fully saturated rings. The SMILES string of the molecule is OC(CCl)COc1ccc(C2(c3ccc(OCC4CO4)cc3)c3ccccc3-c3ccccc32)cc1. The Hall–Kier alpha value is -3.31. The molecule has 2 aliphatic rings. The smallest absolute Gasteiger partial charge is 0.119 e. The number of aliphatic hydroxyl groups is 1. The van der Waals surface area contributed by atoms with Gasteiger partial charge in [0.25, 0.3) is 0 Å². The fraction of sp³-hybridized carbons (Fsp3) is 0.226. The lowest BCUT2D eigenvalue weighted by molar-refractivity contribution is 0.125. The minimum atomic E-state index is -0.696. The number of benzene rings is 4. The zero-order chi connectivity index (χ0) is 24.5. The lowest BCUT2D eigenvalue weighted by Gasteiger charge is -2.34.